The lowest BCUT2D eigenvalue weighted by Crippen LogP contribution is -2.43. The van der Waals surface area contributed by atoms with E-state index < -0.39 is 23.6 Å². The molecule has 0 saturated heterocycles. The molecule has 1 aromatic carbocycles. The van der Waals surface area contributed by atoms with Crippen LogP contribution in [0.1, 0.15) is 45.2 Å². The lowest BCUT2D eigenvalue weighted by Gasteiger charge is -2.33. The van der Waals surface area contributed by atoms with Crippen molar-refractivity contribution >= 4 is 23.3 Å². The first-order chi connectivity index (χ1) is 15.7. The Kier molecular flexibility index (Phi) is 5.90. The maximum absolute atomic E-state index is 13.3. The van der Waals surface area contributed by atoms with Crippen molar-refractivity contribution in [1.82, 2.24) is 14.5 Å². The molecule has 0 bridgehead atoms. The monoisotopic (exact) mass is 459 g/mol. The largest absolute Gasteiger partial charge is 0.416 e. The van der Waals surface area contributed by atoms with Gasteiger partial charge in [-0.25, -0.2) is 9.97 Å². The van der Waals surface area contributed by atoms with Gasteiger partial charge in [-0.2, -0.15) is 13.2 Å². The molecule has 3 aromatic rings. The molecule has 3 heterocycles. The summed E-state index contributed by atoms with van der Waals surface area (Å²) in [5.41, 5.74) is -0.198. The van der Waals surface area contributed by atoms with E-state index in [4.69, 9.17) is 4.74 Å². The Hall–Kier alpha value is -3.73. The Morgan fingerprint density at radius 1 is 1.21 bits per heavy atom. The molecule has 1 aliphatic rings. The number of nitrogens with one attached hydrogen (secondary N) is 1. The number of carbonyl (C=O) groups is 2. The molecule has 0 unspecified atom stereocenters. The average molecular weight is 459 g/mol. The molecule has 4 rings (SSSR count). The molecular weight excluding hydrogens is 439 g/mol. The molecule has 0 spiro atoms. The molecule has 11 heteroatoms. The quantitative estimate of drug-likeness (QED) is 0.625. The number of rotatable bonds is 5. The third-order valence-electron chi connectivity index (χ3n) is 5.26. The second-order valence-corrected chi connectivity index (χ2v) is 7.54. The van der Waals surface area contributed by atoms with Gasteiger partial charge in [-0.3, -0.25) is 9.59 Å². The van der Waals surface area contributed by atoms with E-state index in [9.17, 15) is 22.8 Å². The van der Waals surface area contributed by atoms with Crippen LogP contribution in [0.25, 0.3) is 0 Å². The fourth-order valence-electron chi connectivity index (χ4n) is 3.69. The molecule has 1 aliphatic heterocycles. The SMILES string of the molecule is COCc1nccc(NC(=O)c2ccn3c2C(=O)N(c2ccc(C(F)(F)F)cc2)C[C@@H]3C)n1. The minimum absolute atomic E-state index is 0.135. The van der Waals surface area contributed by atoms with Gasteiger partial charge in [-0.1, -0.05) is 0 Å². The highest BCUT2D eigenvalue weighted by Crippen LogP contribution is 2.33. The Bertz CT molecular complexity index is 1190. The first-order valence-corrected chi connectivity index (χ1v) is 10.0. The van der Waals surface area contributed by atoms with Gasteiger partial charge in [0.1, 0.15) is 18.1 Å². The average Bonchev–Trinajstić information content (AvgIpc) is 3.23. The Morgan fingerprint density at radius 3 is 2.61 bits per heavy atom. The van der Waals surface area contributed by atoms with Gasteiger partial charge in [-0.15, -0.1) is 0 Å². The van der Waals surface area contributed by atoms with Gasteiger partial charge < -0.3 is 19.5 Å². The summed E-state index contributed by atoms with van der Waals surface area (Å²) in [6, 6.07) is 7.22. The molecule has 2 amide bonds. The van der Waals surface area contributed by atoms with E-state index >= 15 is 0 Å². The third kappa shape index (κ3) is 4.44. The minimum atomic E-state index is -4.47. The van der Waals surface area contributed by atoms with Crippen LogP contribution in [0.2, 0.25) is 0 Å². The number of fused-ring (bicyclic) bond motifs is 1. The Morgan fingerprint density at radius 2 is 1.94 bits per heavy atom. The molecule has 0 aliphatic carbocycles. The number of nitrogens with zero attached hydrogens (tertiary/aromatic N) is 4. The first-order valence-electron chi connectivity index (χ1n) is 10.0. The van der Waals surface area contributed by atoms with E-state index in [1.807, 2.05) is 6.92 Å². The Labute approximate surface area is 187 Å². The van der Waals surface area contributed by atoms with Crippen molar-refractivity contribution in [3.63, 3.8) is 0 Å². The van der Waals surface area contributed by atoms with Crippen LogP contribution < -0.4 is 10.2 Å². The van der Waals surface area contributed by atoms with Crippen LogP contribution in [0.4, 0.5) is 24.7 Å². The van der Waals surface area contributed by atoms with Crippen molar-refractivity contribution < 1.29 is 27.5 Å². The van der Waals surface area contributed by atoms with Crippen molar-refractivity contribution in [2.45, 2.75) is 25.7 Å². The van der Waals surface area contributed by atoms with E-state index in [1.54, 1.807) is 10.8 Å². The fraction of sp³-hybridized carbons (Fsp3) is 0.273. The highest BCUT2D eigenvalue weighted by molar-refractivity contribution is 6.15. The number of aromatic nitrogens is 3. The molecule has 0 fully saturated rings. The molecule has 8 nitrogen and oxygen atoms in total. The summed E-state index contributed by atoms with van der Waals surface area (Å²) in [7, 11) is 1.50. The molecule has 33 heavy (non-hydrogen) atoms. The molecule has 2 aromatic heterocycles. The van der Waals surface area contributed by atoms with Crippen molar-refractivity contribution in [1.29, 1.82) is 0 Å². The van der Waals surface area contributed by atoms with E-state index in [0.717, 1.165) is 12.1 Å². The second-order valence-electron chi connectivity index (χ2n) is 7.54. The molecular formula is C22H20F3N5O3. The normalized spacial score (nSPS) is 16.0. The van der Waals surface area contributed by atoms with E-state index in [0.29, 0.717) is 11.5 Å². The van der Waals surface area contributed by atoms with Gasteiger partial charge in [0.25, 0.3) is 11.8 Å². The lowest BCUT2D eigenvalue weighted by molar-refractivity contribution is -0.137. The van der Waals surface area contributed by atoms with Crippen molar-refractivity contribution in [2.75, 3.05) is 23.9 Å². The zero-order chi connectivity index (χ0) is 23.8. The van der Waals surface area contributed by atoms with Crippen molar-refractivity contribution in [3.8, 4) is 0 Å². The smallest absolute Gasteiger partial charge is 0.377 e. The molecule has 1 N–H and O–H groups in total. The van der Waals surface area contributed by atoms with E-state index in [1.165, 1.54) is 42.5 Å². The summed E-state index contributed by atoms with van der Waals surface area (Å²) in [6.07, 6.45) is -1.35. The van der Waals surface area contributed by atoms with Crippen LogP contribution in [0.5, 0.6) is 0 Å². The summed E-state index contributed by atoms with van der Waals surface area (Å²) in [6.45, 7) is 2.28. The summed E-state index contributed by atoms with van der Waals surface area (Å²) >= 11 is 0. The van der Waals surface area contributed by atoms with Gasteiger partial charge in [0, 0.05) is 37.8 Å². The number of benzene rings is 1. The van der Waals surface area contributed by atoms with Crippen molar-refractivity contribution in [2.24, 2.45) is 0 Å². The number of hydrogen-bond acceptors (Lipinski definition) is 5. The Balaban J connectivity index is 1.61. The number of alkyl halides is 3. The number of ether oxygens (including phenoxy) is 1. The van der Waals surface area contributed by atoms with Gasteiger partial charge in [0.2, 0.25) is 0 Å². The molecule has 0 saturated carbocycles. The van der Waals surface area contributed by atoms with Crippen molar-refractivity contribution in [3.05, 3.63) is 71.4 Å². The van der Waals surface area contributed by atoms with E-state index in [-0.39, 0.29) is 36.3 Å². The standard InChI is InChI=1S/C22H20F3N5O3/c1-13-11-30(15-5-3-14(4-6-15)22(23,24)25)21(32)19-16(8-10-29(13)19)20(31)28-17-7-9-26-18(27-17)12-33-2/h3-10,13H,11-12H2,1-2H3,(H,26,27,28,31)/t13-/m0/s1. The van der Waals surface area contributed by atoms with Gasteiger partial charge in [-0.05, 0) is 43.3 Å². The number of hydrogen-bond donors (Lipinski definition) is 1. The highest BCUT2D eigenvalue weighted by atomic mass is 19.4. The van der Waals surface area contributed by atoms with Gasteiger partial charge >= 0.3 is 6.18 Å². The zero-order valence-corrected chi connectivity index (χ0v) is 17.8. The number of anilines is 2. The van der Waals surface area contributed by atoms with E-state index in [2.05, 4.69) is 15.3 Å². The first kappa shape index (κ1) is 22.5. The maximum Gasteiger partial charge on any atom is 0.416 e. The topological polar surface area (TPSA) is 89.3 Å². The minimum Gasteiger partial charge on any atom is -0.377 e. The summed E-state index contributed by atoms with van der Waals surface area (Å²) < 4.78 is 45.4. The number of methoxy groups -OCH3 is 1. The number of halogens is 3. The van der Waals surface area contributed by atoms with Gasteiger partial charge in [0.05, 0.1) is 11.1 Å². The molecule has 1 atom stereocenters. The van der Waals surface area contributed by atoms with Crippen LogP contribution in [-0.4, -0.2) is 40.0 Å². The van der Waals surface area contributed by atoms with Crippen LogP contribution in [0, 0.1) is 0 Å². The summed E-state index contributed by atoms with van der Waals surface area (Å²) in [5.74, 6) is -0.392. The van der Waals surface area contributed by atoms with Crippen LogP contribution in [-0.2, 0) is 17.5 Å². The lowest BCUT2D eigenvalue weighted by atomic mass is 10.1. The third-order valence-corrected chi connectivity index (χ3v) is 5.26. The predicted molar refractivity (Wildman–Crippen MR) is 113 cm³/mol. The van der Waals surface area contributed by atoms with Crippen LogP contribution >= 0.6 is 0 Å². The van der Waals surface area contributed by atoms with Crippen LogP contribution in [0.15, 0.2) is 48.8 Å². The molecule has 172 valence electrons. The number of carbonyl (C=O) groups excluding carboxylic acids is 2. The summed E-state index contributed by atoms with van der Waals surface area (Å²) in [5, 5.41) is 2.65. The zero-order valence-electron chi connectivity index (χ0n) is 17.8. The second kappa shape index (κ2) is 8.66. The number of amides is 2. The fourth-order valence-corrected chi connectivity index (χ4v) is 3.69. The predicted octanol–water partition coefficient (Wildman–Crippen LogP) is 3.92. The van der Waals surface area contributed by atoms with Gasteiger partial charge in [0.15, 0.2) is 5.82 Å². The maximum atomic E-state index is 13.3. The highest BCUT2D eigenvalue weighted by Gasteiger charge is 2.35. The summed E-state index contributed by atoms with van der Waals surface area (Å²) in [4.78, 5) is 35.8. The molecule has 0 radical (unpaired) electrons. The van der Waals surface area contributed by atoms with Crippen LogP contribution in [0.3, 0.4) is 0 Å².